The Hall–Kier alpha value is -2.93. The number of rotatable bonds is 15. The van der Waals surface area contributed by atoms with Crippen LogP contribution in [0.25, 0.3) is 0 Å². The lowest BCUT2D eigenvalue weighted by Gasteiger charge is -2.33. The molecule has 1 aliphatic heterocycles. The molecule has 1 saturated heterocycles. The van der Waals surface area contributed by atoms with Crippen LogP contribution in [0.15, 0.2) is 55.6 Å². The first-order valence-electron chi connectivity index (χ1n) is 13.7. The Morgan fingerprint density at radius 2 is 1.87 bits per heavy atom. The number of ether oxygens (including phenoxy) is 1. The van der Waals surface area contributed by atoms with E-state index in [2.05, 4.69) is 18.5 Å². The molecule has 1 aliphatic rings. The average Bonchev–Trinajstić information content (AvgIpc) is 3.37. The molecule has 0 saturated carbocycles. The van der Waals surface area contributed by atoms with E-state index in [4.69, 9.17) is 4.74 Å². The molecular weight excluding hydrogens is 480 g/mol. The molecule has 2 amide bonds. The van der Waals surface area contributed by atoms with Gasteiger partial charge in [0.15, 0.2) is 0 Å². The van der Waals surface area contributed by atoms with Gasteiger partial charge in [0.05, 0.1) is 30.5 Å². The number of hydrogen-bond donors (Lipinski definition) is 2. The fraction of sp³-hybridized carbons (Fsp3) is 0.581. The van der Waals surface area contributed by atoms with Gasteiger partial charge >= 0.3 is 5.97 Å². The van der Waals surface area contributed by atoms with Crippen LogP contribution in [0.1, 0.15) is 64.9 Å². The van der Waals surface area contributed by atoms with Gasteiger partial charge in [-0.3, -0.25) is 14.4 Å². The Morgan fingerprint density at radius 3 is 2.47 bits per heavy atom. The lowest BCUT2D eigenvalue weighted by Crippen LogP contribution is -2.50. The van der Waals surface area contributed by atoms with Gasteiger partial charge < -0.3 is 20.1 Å². The Bertz CT molecular complexity index is 924. The molecule has 7 heteroatoms. The molecule has 0 radical (unpaired) electrons. The van der Waals surface area contributed by atoms with Gasteiger partial charge in [-0.15, -0.1) is 13.2 Å². The van der Waals surface area contributed by atoms with Crippen LogP contribution in [0.3, 0.4) is 0 Å². The molecule has 1 heterocycles. The number of benzene rings is 1. The number of nitrogens with zero attached hydrogens (tertiary/aromatic N) is 1. The minimum absolute atomic E-state index is 0.0426. The molecule has 0 spiro atoms. The van der Waals surface area contributed by atoms with E-state index in [1.165, 1.54) is 0 Å². The molecule has 38 heavy (non-hydrogen) atoms. The van der Waals surface area contributed by atoms with Gasteiger partial charge in [0.2, 0.25) is 11.8 Å². The first-order valence-corrected chi connectivity index (χ1v) is 13.7. The highest BCUT2D eigenvalue weighted by molar-refractivity contribution is 5.86. The van der Waals surface area contributed by atoms with E-state index in [1.807, 2.05) is 51.1 Å². The van der Waals surface area contributed by atoms with E-state index in [0.29, 0.717) is 32.2 Å². The van der Waals surface area contributed by atoms with E-state index >= 15 is 0 Å². The van der Waals surface area contributed by atoms with Crippen molar-refractivity contribution >= 4 is 17.8 Å². The van der Waals surface area contributed by atoms with E-state index in [-0.39, 0.29) is 54.8 Å². The van der Waals surface area contributed by atoms with Crippen molar-refractivity contribution in [2.45, 2.75) is 77.8 Å². The van der Waals surface area contributed by atoms with E-state index in [1.54, 1.807) is 17.1 Å². The summed E-state index contributed by atoms with van der Waals surface area (Å²) >= 11 is 0. The molecule has 210 valence electrons. The van der Waals surface area contributed by atoms with Crippen molar-refractivity contribution in [2.24, 2.45) is 17.3 Å². The Kier molecular flexibility index (Phi) is 12.7. The molecule has 7 nitrogen and oxygen atoms in total. The average molecular weight is 527 g/mol. The van der Waals surface area contributed by atoms with E-state index in [0.717, 1.165) is 18.4 Å². The molecule has 0 aliphatic carbocycles. The number of aliphatic hydroxyl groups excluding tert-OH is 1. The largest absolute Gasteiger partial charge is 0.463 e. The number of allylic oxidation sites excluding steroid dienone is 2. The summed E-state index contributed by atoms with van der Waals surface area (Å²) in [6, 6.07) is 9.23. The van der Waals surface area contributed by atoms with Crippen molar-refractivity contribution in [1.82, 2.24) is 10.2 Å². The maximum absolute atomic E-state index is 13.3. The third kappa shape index (κ3) is 9.75. The molecule has 0 aromatic heterocycles. The monoisotopic (exact) mass is 526 g/mol. The number of hydrogen-bond acceptors (Lipinski definition) is 5. The predicted molar refractivity (Wildman–Crippen MR) is 150 cm³/mol. The van der Waals surface area contributed by atoms with Gasteiger partial charge in [-0.1, -0.05) is 63.3 Å². The molecule has 4 atom stereocenters. The minimum Gasteiger partial charge on any atom is -0.463 e. The molecule has 1 aromatic carbocycles. The van der Waals surface area contributed by atoms with Crippen molar-refractivity contribution in [2.75, 3.05) is 19.8 Å². The third-order valence-corrected chi connectivity index (χ3v) is 7.28. The highest BCUT2D eigenvalue weighted by Crippen LogP contribution is 2.24. The second kappa shape index (κ2) is 15.5. The van der Waals surface area contributed by atoms with Crippen LogP contribution < -0.4 is 5.32 Å². The van der Waals surface area contributed by atoms with Crippen molar-refractivity contribution in [1.29, 1.82) is 0 Å². The standard InChI is InChI=1S/C31H46N2O5/c1-6-8-16-25(19-23-14-10-9-11-15-23)30(37)38-22-27(31(3,4)5)32-29(36)24(13-7-2)20-28(35)33-18-12-17-26(33)21-34/h6-7,9-11,14-15,24-27,34H,1-2,8,12-13,16-22H2,3-5H3,(H,32,36)/t24-,25-,26+,27-/m1/s1. The van der Waals surface area contributed by atoms with Gasteiger partial charge in [0.1, 0.15) is 6.61 Å². The zero-order chi connectivity index (χ0) is 28.1. The fourth-order valence-electron chi connectivity index (χ4n) is 4.77. The van der Waals surface area contributed by atoms with Gasteiger partial charge in [0, 0.05) is 13.0 Å². The number of nitrogens with one attached hydrogen (secondary N) is 1. The van der Waals surface area contributed by atoms with Crippen molar-refractivity contribution in [3.8, 4) is 0 Å². The number of carbonyl (C=O) groups is 3. The zero-order valence-electron chi connectivity index (χ0n) is 23.4. The van der Waals surface area contributed by atoms with Crippen LogP contribution in [0.2, 0.25) is 0 Å². The number of amides is 2. The normalized spacial score (nSPS) is 17.8. The lowest BCUT2D eigenvalue weighted by molar-refractivity contribution is -0.151. The molecule has 2 N–H and O–H groups in total. The van der Waals surface area contributed by atoms with E-state index in [9.17, 15) is 19.5 Å². The summed E-state index contributed by atoms with van der Waals surface area (Å²) in [6.45, 7) is 14.1. The molecule has 2 rings (SSSR count). The topological polar surface area (TPSA) is 95.9 Å². The summed E-state index contributed by atoms with van der Waals surface area (Å²) in [7, 11) is 0. The van der Waals surface area contributed by atoms with Gasteiger partial charge in [-0.2, -0.15) is 0 Å². The summed E-state index contributed by atoms with van der Waals surface area (Å²) in [6.07, 6.45) is 7.39. The van der Waals surface area contributed by atoms with Crippen LogP contribution in [-0.2, 0) is 25.5 Å². The fourth-order valence-corrected chi connectivity index (χ4v) is 4.77. The third-order valence-electron chi connectivity index (χ3n) is 7.28. The van der Waals surface area contributed by atoms with Gasteiger partial charge in [0.25, 0.3) is 0 Å². The highest BCUT2D eigenvalue weighted by atomic mass is 16.5. The first-order chi connectivity index (χ1) is 18.1. The summed E-state index contributed by atoms with van der Waals surface area (Å²) < 4.78 is 5.78. The molecule has 0 unspecified atom stereocenters. The van der Waals surface area contributed by atoms with Crippen LogP contribution >= 0.6 is 0 Å². The summed E-state index contributed by atoms with van der Waals surface area (Å²) in [5, 5.41) is 12.6. The predicted octanol–water partition coefficient (Wildman–Crippen LogP) is 4.45. The minimum atomic E-state index is -0.584. The van der Waals surface area contributed by atoms with Crippen LogP contribution in [-0.4, -0.2) is 59.6 Å². The Balaban J connectivity index is 2.05. The van der Waals surface area contributed by atoms with E-state index < -0.39 is 12.0 Å². The zero-order valence-corrected chi connectivity index (χ0v) is 23.4. The number of esters is 1. The summed E-state index contributed by atoms with van der Waals surface area (Å²) in [4.78, 5) is 41.0. The number of carbonyl (C=O) groups excluding carboxylic acids is 3. The Labute approximate surface area is 228 Å². The van der Waals surface area contributed by atoms with Crippen molar-refractivity contribution < 1.29 is 24.2 Å². The number of aliphatic hydroxyl groups is 1. The van der Waals surface area contributed by atoms with Gasteiger partial charge in [-0.25, -0.2) is 0 Å². The van der Waals surface area contributed by atoms with Crippen molar-refractivity contribution in [3.05, 3.63) is 61.2 Å². The van der Waals surface area contributed by atoms with Gasteiger partial charge in [-0.05, 0) is 49.5 Å². The smallest absolute Gasteiger partial charge is 0.309 e. The first kappa shape index (κ1) is 31.3. The van der Waals surface area contributed by atoms with Crippen LogP contribution in [0.5, 0.6) is 0 Å². The number of likely N-dealkylation sites (tertiary alicyclic amines) is 1. The maximum atomic E-state index is 13.3. The summed E-state index contributed by atoms with van der Waals surface area (Å²) in [5.74, 6) is -1.58. The summed E-state index contributed by atoms with van der Waals surface area (Å²) in [5.41, 5.74) is 0.684. The quantitative estimate of drug-likeness (QED) is 0.260. The second-order valence-electron chi connectivity index (χ2n) is 11.3. The highest BCUT2D eigenvalue weighted by Gasteiger charge is 2.34. The maximum Gasteiger partial charge on any atom is 0.309 e. The molecule has 1 aromatic rings. The van der Waals surface area contributed by atoms with Crippen molar-refractivity contribution in [3.63, 3.8) is 0 Å². The SMILES string of the molecule is C=CCC[C@H](Cc1ccccc1)C(=O)OC[C@@H](NC(=O)[C@H](CC=C)CC(=O)N1CCC[C@H]1CO)C(C)(C)C. The molecule has 0 bridgehead atoms. The lowest BCUT2D eigenvalue weighted by atomic mass is 9.86. The second-order valence-corrected chi connectivity index (χ2v) is 11.3. The molecule has 1 fully saturated rings. The Morgan fingerprint density at radius 1 is 1.16 bits per heavy atom. The molecular formula is C31H46N2O5. The van der Waals surface area contributed by atoms with Crippen LogP contribution in [0.4, 0.5) is 0 Å². The van der Waals surface area contributed by atoms with Crippen LogP contribution in [0, 0.1) is 17.3 Å².